The molecule has 0 atom stereocenters. The Kier molecular flexibility index (Phi) is 3.71. The summed E-state index contributed by atoms with van der Waals surface area (Å²) in [4.78, 5) is 0. The normalized spacial score (nSPS) is 7.62. The summed E-state index contributed by atoms with van der Waals surface area (Å²) in [6.45, 7) is 6.16. The van der Waals surface area contributed by atoms with Crippen LogP contribution in [-0.2, 0) is 0 Å². The van der Waals surface area contributed by atoms with Gasteiger partial charge < -0.3 is 0 Å². The highest BCUT2D eigenvalue weighted by atomic mass is 15.0. The van der Waals surface area contributed by atoms with Gasteiger partial charge in [0, 0.05) is 0 Å². The summed E-state index contributed by atoms with van der Waals surface area (Å²) in [6, 6.07) is 0. The maximum absolute atomic E-state index is 5.24. The topological polar surface area (TPSA) is 52.2 Å². The molecule has 0 aliphatic rings. The maximum atomic E-state index is 5.24. The standard InChI is InChI=1S/C5H11N3/c1-3-4-8-5(6)7-2/h2-4H2,1H3,(H2,6,8)/p+1. The molecule has 0 saturated heterocycles. The van der Waals surface area contributed by atoms with Crippen LogP contribution in [0, 0.1) is 0 Å². The molecule has 0 rings (SSSR count). The van der Waals surface area contributed by atoms with Gasteiger partial charge in [-0.1, -0.05) is 6.92 Å². The first-order chi connectivity index (χ1) is 3.81. The van der Waals surface area contributed by atoms with Crippen LogP contribution in [0.4, 0.5) is 0 Å². The first-order valence-electron chi connectivity index (χ1n) is 2.64. The first kappa shape index (κ1) is 7.05. The highest BCUT2D eigenvalue weighted by Crippen LogP contribution is 1.64. The van der Waals surface area contributed by atoms with Crippen LogP contribution >= 0.6 is 0 Å². The van der Waals surface area contributed by atoms with Crippen molar-refractivity contribution < 1.29 is 0 Å². The van der Waals surface area contributed by atoms with E-state index in [1.54, 1.807) is 0 Å². The van der Waals surface area contributed by atoms with E-state index >= 15 is 0 Å². The summed E-state index contributed by atoms with van der Waals surface area (Å²) in [7, 11) is 0. The zero-order valence-corrected chi connectivity index (χ0v) is 5.15. The Morgan fingerprint density at radius 2 is 2.50 bits per heavy atom. The van der Waals surface area contributed by atoms with Crippen molar-refractivity contribution in [1.29, 1.82) is 0 Å². The van der Waals surface area contributed by atoms with Crippen molar-refractivity contribution in [2.24, 2.45) is 5.73 Å². The molecule has 0 radical (unpaired) electrons. The van der Waals surface area contributed by atoms with E-state index in [1.165, 1.54) is 0 Å². The van der Waals surface area contributed by atoms with Crippen molar-refractivity contribution in [1.82, 2.24) is 9.98 Å². The molecule has 0 aromatic rings. The highest BCUT2D eigenvalue weighted by molar-refractivity contribution is 5.77. The smallest absolute Gasteiger partial charge is 0.277 e. The molecule has 0 fully saturated rings. The van der Waals surface area contributed by atoms with E-state index in [2.05, 4.69) is 23.6 Å². The minimum absolute atomic E-state index is 0.409. The fourth-order valence-electron chi connectivity index (χ4n) is 0.309. The Labute approximate surface area is 49.3 Å². The second-order valence-electron chi connectivity index (χ2n) is 1.47. The molecule has 0 aliphatic carbocycles. The summed E-state index contributed by atoms with van der Waals surface area (Å²) < 4.78 is 3.46. The van der Waals surface area contributed by atoms with Crippen LogP contribution in [0.3, 0.4) is 0 Å². The van der Waals surface area contributed by atoms with Gasteiger partial charge >= 0.3 is 5.96 Å². The van der Waals surface area contributed by atoms with Crippen molar-refractivity contribution in [2.45, 2.75) is 13.3 Å². The summed E-state index contributed by atoms with van der Waals surface area (Å²) in [6.07, 6.45) is 1.05. The van der Waals surface area contributed by atoms with Gasteiger partial charge in [-0.25, -0.2) is 0 Å². The van der Waals surface area contributed by atoms with Crippen LogP contribution < -0.4 is 15.7 Å². The summed E-state index contributed by atoms with van der Waals surface area (Å²) in [5.74, 6) is 0.409. The summed E-state index contributed by atoms with van der Waals surface area (Å²) in [5, 5.41) is 2.85. The summed E-state index contributed by atoms with van der Waals surface area (Å²) >= 11 is 0. The van der Waals surface area contributed by atoms with Crippen molar-refractivity contribution >= 4 is 12.7 Å². The molecule has 46 valence electrons. The van der Waals surface area contributed by atoms with Gasteiger partial charge in [-0.3, -0.25) is 15.7 Å². The molecule has 0 amide bonds. The average Bonchev–Trinajstić information content (AvgIpc) is 1.83. The van der Waals surface area contributed by atoms with E-state index in [1.807, 2.05) is 0 Å². The molecule has 0 heterocycles. The second kappa shape index (κ2) is 4.22. The maximum Gasteiger partial charge on any atom is 0.435 e. The average molecular weight is 114 g/mol. The van der Waals surface area contributed by atoms with Crippen LogP contribution in [0.1, 0.15) is 13.3 Å². The van der Waals surface area contributed by atoms with Gasteiger partial charge in [0.05, 0.1) is 6.54 Å². The molecule has 0 bridgehead atoms. The minimum atomic E-state index is 0.409. The molecule has 8 heavy (non-hydrogen) atoms. The van der Waals surface area contributed by atoms with Crippen LogP contribution in [-0.4, -0.2) is 19.2 Å². The van der Waals surface area contributed by atoms with Crippen LogP contribution in [0.15, 0.2) is 0 Å². The Balaban J connectivity index is 3.26. The molecule has 0 aromatic carbocycles. The zero-order chi connectivity index (χ0) is 6.41. The SMILES string of the molecule is C=[N+]=C(N)NCCC. The summed E-state index contributed by atoms with van der Waals surface area (Å²) in [5.41, 5.74) is 5.24. The quantitative estimate of drug-likeness (QED) is 0.277. The lowest BCUT2D eigenvalue weighted by molar-refractivity contribution is 0.833. The van der Waals surface area contributed by atoms with Gasteiger partial charge in [0.2, 0.25) is 0 Å². The van der Waals surface area contributed by atoms with E-state index in [9.17, 15) is 0 Å². The first-order valence-corrected chi connectivity index (χ1v) is 2.64. The third-order valence-electron chi connectivity index (χ3n) is 0.726. The van der Waals surface area contributed by atoms with E-state index in [0.29, 0.717) is 5.96 Å². The Morgan fingerprint density at radius 1 is 1.88 bits per heavy atom. The minimum Gasteiger partial charge on any atom is -0.277 e. The molecule has 0 saturated carbocycles. The largest absolute Gasteiger partial charge is 0.435 e. The van der Waals surface area contributed by atoms with Crippen LogP contribution in [0.25, 0.3) is 0 Å². The number of nitrogens with two attached hydrogens (primary N) is 1. The van der Waals surface area contributed by atoms with Crippen molar-refractivity contribution in [2.75, 3.05) is 6.54 Å². The third-order valence-corrected chi connectivity index (χ3v) is 0.726. The van der Waals surface area contributed by atoms with Gasteiger partial charge in [-0.05, 0) is 6.42 Å². The Hall–Kier alpha value is -0.950. The van der Waals surface area contributed by atoms with E-state index in [4.69, 9.17) is 5.73 Å². The molecular weight excluding hydrogens is 102 g/mol. The van der Waals surface area contributed by atoms with E-state index in [-0.39, 0.29) is 0 Å². The van der Waals surface area contributed by atoms with E-state index < -0.39 is 0 Å². The van der Waals surface area contributed by atoms with Gasteiger partial charge in [-0.15, -0.1) is 0 Å². The molecule has 3 heteroatoms. The predicted molar refractivity (Wildman–Crippen MR) is 36.7 cm³/mol. The second-order valence-corrected chi connectivity index (χ2v) is 1.47. The predicted octanol–water partition coefficient (Wildman–Crippen LogP) is -0.931. The van der Waals surface area contributed by atoms with Crippen LogP contribution in [0.5, 0.6) is 0 Å². The molecule has 0 spiro atoms. The fourth-order valence-corrected chi connectivity index (χ4v) is 0.309. The number of hydrogen-bond acceptors (Lipinski definition) is 0. The molecule has 3 N–H and O–H groups in total. The van der Waals surface area contributed by atoms with Gasteiger partial charge in [-0.2, -0.15) is 0 Å². The Morgan fingerprint density at radius 3 is 2.88 bits per heavy atom. The Bertz CT molecular complexity index is 102. The lowest BCUT2D eigenvalue weighted by Gasteiger charge is -1.87. The fraction of sp³-hybridized carbons (Fsp3) is 0.600. The lowest BCUT2D eigenvalue weighted by Crippen LogP contribution is -2.33. The zero-order valence-electron chi connectivity index (χ0n) is 5.15. The highest BCUT2D eigenvalue weighted by Gasteiger charge is 1.92. The van der Waals surface area contributed by atoms with Crippen molar-refractivity contribution in [3.63, 3.8) is 0 Å². The molecule has 0 unspecified atom stereocenters. The number of rotatable bonds is 2. The molecule has 0 aliphatic heterocycles. The van der Waals surface area contributed by atoms with Crippen LogP contribution in [0.2, 0.25) is 0 Å². The third kappa shape index (κ3) is 3.25. The number of nitrogens with one attached hydrogen (secondary N) is 1. The lowest BCUT2D eigenvalue weighted by atomic mass is 10.5. The number of nitrogens with zero attached hydrogens (tertiary/aromatic N) is 1. The van der Waals surface area contributed by atoms with Crippen molar-refractivity contribution in [3.05, 3.63) is 0 Å². The van der Waals surface area contributed by atoms with Gasteiger partial charge in [0.15, 0.2) is 0 Å². The number of guanidine groups is 1. The van der Waals surface area contributed by atoms with Gasteiger partial charge in [0.1, 0.15) is 6.72 Å². The van der Waals surface area contributed by atoms with E-state index in [0.717, 1.165) is 13.0 Å². The molecule has 3 nitrogen and oxygen atoms in total. The van der Waals surface area contributed by atoms with Crippen molar-refractivity contribution in [3.8, 4) is 0 Å². The molecular formula is C5H12N3+. The number of hydrogen-bond donors (Lipinski definition) is 2. The monoisotopic (exact) mass is 114 g/mol. The van der Waals surface area contributed by atoms with Gasteiger partial charge in [0.25, 0.3) is 0 Å². The molecule has 0 aromatic heterocycles.